The number of aryl methyl sites for hydroxylation is 5. The van der Waals surface area contributed by atoms with Crippen LogP contribution in [0.1, 0.15) is 74.5 Å². The molecule has 0 atom stereocenters. The van der Waals surface area contributed by atoms with E-state index in [2.05, 4.69) is 51.5 Å². The van der Waals surface area contributed by atoms with Crippen molar-refractivity contribution in [2.24, 2.45) is 5.92 Å². The van der Waals surface area contributed by atoms with E-state index in [4.69, 9.17) is 18.6 Å². The van der Waals surface area contributed by atoms with Crippen molar-refractivity contribution in [1.29, 1.82) is 0 Å². The van der Waals surface area contributed by atoms with E-state index < -0.39 is 0 Å². The molecule has 242 valence electrons. The number of thioether (sulfide) groups is 1. The highest BCUT2D eigenvalue weighted by atomic mass is 32.2. The Bertz CT molecular complexity index is 1740. The number of nitrogens with zero attached hydrogens (tertiary/aromatic N) is 5. The van der Waals surface area contributed by atoms with Crippen LogP contribution in [0.2, 0.25) is 0 Å². The molecular weight excluding hydrogens is 597 g/mol. The largest absolute Gasteiger partial charge is 0.452 e. The second kappa shape index (κ2) is 15.2. The third-order valence-electron chi connectivity index (χ3n) is 8.51. The molecule has 5 aromatic heterocycles. The van der Waals surface area contributed by atoms with E-state index in [1.807, 2.05) is 44.1 Å². The molecule has 0 aromatic carbocycles. The molecule has 1 saturated heterocycles. The second-order valence-electron chi connectivity index (χ2n) is 12.0. The summed E-state index contributed by atoms with van der Waals surface area (Å²) in [5, 5.41) is 12.7. The van der Waals surface area contributed by atoms with E-state index in [1.165, 1.54) is 36.9 Å². The van der Waals surface area contributed by atoms with Gasteiger partial charge in [0.15, 0.2) is 11.4 Å². The van der Waals surface area contributed by atoms with Crippen LogP contribution < -0.4 is 5.32 Å². The first-order chi connectivity index (χ1) is 22.6. The molecule has 1 N–H and O–H groups in total. The highest BCUT2D eigenvalue weighted by molar-refractivity contribution is 7.99. The molecular formula is C36H44N6O3S. The Morgan fingerprint density at radius 2 is 1.80 bits per heavy atom. The molecule has 0 radical (unpaired) electrons. The third-order valence-corrected chi connectivity index (χ3v) is 9.65. The summed E-state index contributed by atoms with van der Waals surface area (Å²) in [6.45, 7) is 7.76. The summed E-state index contributed by atoms with van der Waals surface area (Å²) < 4.78 is 18.0. The summed E-state index contributed by atoms with van der Waals surface area (Å²) in [7, 11) is 1.85. The Morgan fingerprint density at radius 1 is 0.957 bits per heavy atom. The molecule has 1 aliphatic carbocycles. The molecule has 0 saturated carbocycles. The molecule has 3 aliphatic rings. The molecule has 0 bridgehead atoms. The molecule has 10 heteroatoms. The number of furan rings is 1. The van der Waals surface area contributed by atoms with Crippen LogP contribution in [0.3, 0.4) is 0 Å². The van der Waals surface area contributed by atoms with Crippen molar-refractivity contribution in [3.63, 3.8) is 0 Å². The summed E-state index contributed by atoms with van der Waals surface area (Å²) in [4.78, 5) is 15.0. The molecule has 7 heterocycles. The Hall–Kier alpha value is -3.76. The van der Waals surface area contributed by atoms with Crippen LogP contribution in [-0.4, -0.2) is 51.2 Å². The van der Waals surface area contributed by atoms with E-state index in [0.717, 1.165) is 101 Å². The standard InChI is InChI=1S/C25H27N5O3S.C8H9N.C3H8/c1-14-29-30-25(32-14)20-17(4-3-15-6-10-31-11-7-15)28-18-8-12-34-23(18)21(20)19-13-16-5-9-27-24(26-2)22(16)33-19;1-3-7-4-2-6-9-8(7)5-1;1-3-2/h5,9,13,15H,3-4,6-8,10-12H2,1-2H3,(H,26,27);2,4,6H,1,3,5H2;3H2,1-2H3. The topological polar surface area (TPSA) is 112 Å². The van der Waals surface area contributed by atoms with Crippen molar-refractivity contribution in [2.45, 2.75) is 83.5 Å². The number of fused-ring (bicyclic) bond motifs is 3. The summed E-state index contributed by atoms with van der Waals surface area (Å²) in [6.07, 6.45) is 13.7. The summed E-state index contributed by atoms with van der Waals surface area (Å²) in [5.41, 5.74) is 7.57. The van der Waals surface area contributed by atoms with E-state index in [0.29, 0.717) is 17.7 Å². The van der Waals surface area contributed by atoms with Gasteiger partial charge in [0, 0.05) is 73.3 Å². The zero-order chi connectivity index (χ0) is 31.9. The van der Waals surface area contributed by atoms with Gasteiger partial charge in [-0.15, -0.1) is 22.0 Å². The molecule has 0 amide bonds. The highest BCUT2D eigenvalue weighted by Crippen LogP contribution is 2.47. The van der Waals surface area contributed by atoms with Gasteiger partial charge in [-0.25, -0.2) is 4.98 Å². The Kier molecular flexibility index (Phi) is 10.7. The van der Waals surface area contributed by atoms with E-state index in [1.54, 1.807) is 6.20 Å². The van der Waals surface area contributed by atoms with Crippen LogP contribution in [0.25, 0.3) is 33.7 Å². The van der Waals surface area contributed by atoms with Crippen molar-refractivity contribution in [3.05, 3.63) is 65.2 Å². The van der Waals surface area contributed by atoms with Gasteiger partial charge < -0.3 is 18.9 Å². The SMILES string of the molecule is CCC.CNc1nccc2cc(-c3c4c(nc(CCC5CCOCC5)c3-c3nnc(C)o3)CCS4)oc12.c1cnc2c(c1)CCC2. The number of aromatic nitrogens is 5. The third kappa shape index (κ3) is 7.13. The Balaban J connectivity index is 0.000000260. The molecule has 5 aromatic rings. The lowest BCUT2D eigenvalue weighted by molar-refractivity contribution is 0.0639. The van der Waals surface area contributed by atoms with Gasteiger partial charge in [0.2, 0.25) is 11.8 Å². The predicted molar refractivity (Wildman–Crippen MR) is 183 cm³/mol. The van der Waals surface area contributed by atoms with Gasteiger partial charge in [0.25, 0.3) is 0 Å². The highest BCUT2D eigenvalue weighted by Gasteiger charge is 2.30. The Labute approximate surface area is 275 Å². The van der Waals surface area contributed by atoms with Gasteiger partial charge in [-0.2, -0.15) is 0 Å². The molecule has 1 fully saturated rings. The first-order valence-corrected chi connectivity index (χ1v) is 17.6. The number of hydrogen-bond donors (Lipinski definition) is 1. The fourth-order valence-electron chi connectivity index (χ4n) is 6.30. The van der Waals surface area contributed by atoms with Gasteiger partial charge in [0.05, 0.1) is 17.0 Å². The lowest BCUT2D eigenvalue weighted by Gasteiger charge is -2.22. The lowest BCUT2D eigenvalue weighted by atomic mass is 9.91. The number of pyridine rings is 3. The van der Waals surface area contributed by atoms with Crippen LogP contribution in [0, 0.1) is 12.8 Å². The first-order valence-electron chi connectivity index (χ1n) is 16.7. The maximum absolute atomic E-state index is 6.45. The van der Waals surface area contributed by atoms with Crippen molar-refractivity contribution in [2.75, 3.05) is 31.3 Å². The molecule has 0 unspecified atom stereocenters. The Morgan fingerprint density at radius 3 is 2.57 bits per heavy atom. The minimum atomic E-state index is 0.504. The first kappa shape index (κ1) is 32.2. The molecule has 2 aliphatic heterocycles. The molecule has 46 heavy (non-hydrogen) atoms. The van der Waals surface area contributed by atoms with Crippen LogP contribution >= 0.6 is 11.8 Å². The minimum absolute atomic E-state index is 0.504. The van der Waals surface area contributed by atoms with Crippen molar-refractivity contribution >= 4 is 28.5 Å². The van der Waals surface area contributed by atoms with Crippen molar-refractivity contribution < 1.29 is 13.6 Å². The van der Waals surface area contributed by atoms with E-state index >= 15 is 0 Å². The number of nitrogens with one attached hydrogen (secondary N) is 1. The zero-order valence-corrected chi connectivity index (χ0v) is 28.2. The zero-order valence-electron chi connectivity index (χ0n) is 27.4. The fourth-order valence-corrected chi connectivity index (χ4v) is 7.46. The van der Waals surface area contributed by atoms with Crippen molar-refractivity contribution in [3.8, 4) is 22.8 Å². The van der Waals surface area contributed by atoms with Crippen LogP contribution in [0.15, 0.2) is 50.4 Å². The second-order valence-corrected chi connectivity index (χ2v) is 13.1. The smallest absolute Gasteiger partial charge is 0.250 e. The van der Waals surface area contributed by atoms with E-state index in [-0.39, 0.29) is 0 Å². The molecule has 8 rings (SSSR count). The number of ether oxygens (including phenoxy) is 1. The van der Waals surface area contributed by atoms with Gasteiger partial charge in [-0.05, 0) is 74.6 Å². The van der Waals surface area contributed by atoms with Gasteiger partial charge in [-0.3, -0.25) is 9.97 Å². The van der Waals surface area contributed by atoms with E-state index in [9.17, 15) is 0 Å². The lowest BCUT2D eigenvalue weighted by Crippen LogP contribution is -2.16. The average molecular weight is 641 g/mol. The van der Waals surface area contributed by atoms with Crippen LogP contribution in [-0.2, 0) is 30.4 Å². The van der Waals surface area contributed by atoms with Gasteiger partial charge in [-0.1, -0.05) is 26.3 Å². The fraction of sp³-hybridized carbons (Fsp3) is 0.472. The number of hydrogen-bond acceptors (Lipinski definition) is 10. The average Bonchev–Trinajstić information content (AvgIpc) is 3.90. The van der Waals surface area contributed by atoms with Gasteiger partial charge >= 0.3 is 0 Å². The maximum Gasteiger partial charge on any atom is 0.250 e. The quantitative estimate of drug-likeness (QED) is 0.195. The van der Waals surface area contributed by atoms with Gasteiger partial charge in [0.1, 0.15) is 5.76 Å². The van der Waals surface area contributed by atoms with Crippen LogP contribution in [0.4, 0.5) is 5.82 Å². The minimum Gasteiger partial charge on any atom is -0.452 e. The van der Waals surface area contributed by atoms with Crippen molar-refractivity contribution in [1.82, 2.24) is 25.1 Å². The number of rotatable bonds is 6. The normalized spacial score (nSPS) is 15.5. The molecule has 0 spiro atoms. The summed E-state index contributed by atoms with van der Waals surface area (Å²) in [5.74, 6) is 4.20. The summed E-state index contributed by atoms with van der Waals surface area (Å²) in [6, 6.07) is 8.25. The van der Waals surface area contributed by atoms with Crippen LogP contribution in [0.5, 0.6) is 0 Å². The number of anilines is 1. The monoisotopic (exact) mass is 640 g/mol. The summed E-state index contributed by atoms with van der Waals surface area (Å²) >= 11 is 1.82. The molecule has 9 nitrogen and oxygen atoms in total. The predicted octanol–water partition coefficient (Wildman–Crippen LogP) is 8.28. The maximum atomic E-state index is 6.45.